The van der Waals surface area contributed by atoms with E-state index in [4.69, 9.17) is 10.8 Å². The third kappa shape index (κ3) is 2.32. The molecule has 1 unspecified atom stereocenters. The average Bonchev–Trinajstić information content (AvgIpc) is 2.35. The van der Waals surface area contributed by atoms with Gasteiger partial charge in [-0.1, -0.05) is 0 Å². The molecular formula is C7H9NO2S. The van der Waals surface area contributed by atoms with Gasteiger partial charge in [-0.25, -0.2) is 0 Å². The van der Waals surface area contributed by atoms with Crippen LogP contribution in [0.5, 0.6) is 0 Å². The van der Waals surface area contributed by atoms with Gasteiger partial charge in [0.05, 0.1) is 6.42 Å². The molecular weight excluding hydrogens is 162 g/mol. The lowest BCUT2D eigenvalue weighted by Crippen LogP contribution is -2.13. The molecule has 0 saturated heterocycles. The molecule has 0 fully saturated rings. The summed E-state index contributed by atoms with van der Waals surface area (Å²) in [6, 6.07) is 1.48. The molecule has 0 aliphatic carbocycles. The van der Waals surface area contributed by atoms with Crippen LogP contribution in [0.3, 0.4) is 0 Å². The molecule has 0 aliphatic heterocycles. The van der Waals surface area contributed by atoms with Crippen molar-refractivity contribution in [3.63, 3.8) is 0 Å². The highest BCUT2D eigenvalue weighted by Crippen LogP contribution is 2.16. The fourth-order valence-electron chi connectivity index (χ4n) is 0.792. The van der Waals surface area contributed by atoms with Gasteiger partial charge in [-0.05, 0) is 22.4 Å². The van der Waals surface area contributed by atoms with Crippen molar-refractivity contribution in [3.8, 4) is 0 Å². The predicted molar refractivity (Wildman–Crippen MR) is 43.5 cm³/mol. The maximum Gasteiger partial charge on any atom is 0.305 e. The Balaban J connectivity index is 2.56. The smallest absolute Gasteiger partial charge is 0.305 e. The van der Waals surface area contributed by atoms with Crippen LogP contribution in [0, 0.1) is 0 Å². The fraction of sp³-hybridized carbons (Fsp3) is 0.286. The minimum atomic E-state index is -0.858. The first-order valence-corrected chi connectivity index (χ1v) is 4.14. The van der Waals surface area contributed by atoms with E-state index in [0.717, 1.165) is 5.56 Å². The second kappa shape index (κ2) is 3.50. The summed E-state index contributed by atoms with van der Waals surface area (Å²) in [7, 11) is 0. The van der Waals surface area contributed by atoms with Gasteiger partial charge in [0.15, 0.2) is 0 Å². The van der Waals surface area contributed by atoms with E-state index in [-0.39, 0.29) is 12.5 Å². The first-order valence-electron chi connectivity index (χ1n) is 3.19. The molecule has 3 nitrogen and oxygen atoms in total. The summed E-state index contributed by atoms with van der Waals surface area (Å²) in [4.78, 5) is 10.2. The third-order valence-electron chi connectivity index (χ3n) is 1.37. The van der Waals surface area contributed by atoms with Gasteiger partial charge < -0.3 is 10.8 Å². The summed E-state index contributed by atoms with van der Waals surface area (Å²) in [6.07, 6.45) is -0.00324. The monoisotopic (exact) mass is 171 g/mol. The van der Waals surface area contributed by atoms with Crippen LogP contribution in [-0.4, -0.2) is 11.1 Å². The van der Waals surface area contributed by atoms with Crippen LogP contribution in [-0.2, 0) is 4.79 Å². The highest BCUT2D eigenvalue weighted by molar-refractivity contribution is 7.07. The van der Waals surface area contributed by atoms with Gasteiger partial charge in [0.25, 0.3) is 0 Å². The number of hydrogen-bond donors (Lipinski definition) is 2. The zero-order valence-electron chi connectivity index (χ0n) is 5.86. The van der Waals surface area contributed by atoms with Crippen LogP contribution >= 0.6 is 11.3 Å². The van der Waals surface area contributed by atoms with Crippen molar-refractivity contribution in [1.29, 1.82) is 0 Å². The number of carboxylic acid groups (broad SMARTS) is 1. The van der Waals surface area contributed by atoms with Crippen LogP contribution < -0.4 is 5.73 Å². The van der Waals surface area contributed by atoms with Crippen LogP contribution in [0.1, 0.15) is 18.0 Å². The molecule has 0 aromatic carbocycles. The highest BCUT2D eigenvalue weighted by Gasteiger charge is 2.09. The Morgan fingerprint density at radius 1 is 1.82 bits per heavy atom. The van der Waals surface area contributed by atoms with Crippen molar-refractivity contribution in [1.82, 2.24) is 0 Å². The Morgan fingerprint density at radius 2 is 2.55 bits per heavy atom. The summed E-state index contributed by atoms with van der Waals surface area (Å²) < 4.78 is 0. The van der Waals surface area contributed by atoms with Crippen LogP contribution in [0.2, 0.25) is 0 Å². The van der Waals surface area contributed by atoms with Gasteiger partial charge in [-0.3, -0.25) is 4.79 Å². The maximum absolute atomic E-state index is 10.2. The Morgan fingerprint density at radius 3 is 3.00 bits per heavy atom. The zero-order chi connectivity index (χ0) is 8.27. The van der Waals surface area contributed by atoms with E-state index >= 15 is 0 Å². The maximum atomic E-state index is 10.2. The molecule has 11 heavy (non-hydrogen) atoms. The van der Waals surface area contributed by atoms with E-state index in [1.54, 1.807) is 0 Å². The number of carboxylic acids is 1. The van der Waals surface area contributed by atoms with Gasteiger partial charge in [-0.15, -0.1) is 0 Å². The lowest BCUT2D eigenvalue weighted by atomic mass is 10.1. The van der Waals surface area contributed by atoms with Gasteiger partial charge in [0, 0.05) is 6.04 Å². The van der Waals surface area contributed by atoms with E-state index in [1.165, 1.54) is 11.3 Å². The normalized spacial score (nSPS) is 12.8. The van der Waals surface area contributed by atoms with E-state index in [0.29, 0.717) is 0 Å². The summed E-state index contributed by atoms with van der Waals surface area (Å²) in [6.45, 7) is 0. The molecule has 1 aromatic rings. The first kappa shape index (κ1) is 8.23. The Labute approximate surface area is 68.5 Å². The van der Waals surface area contributed by atoms with Crippen molar-refractivity contribution in [2.24, 2.45) is 5.73 Å². The quantitative estimate of drug-likeness (QED) is 0.718. The van der Waals surface area contributed by atoms with Gasteiger partial charge in [0.1, 0.15) is 0 Å². The van der Waals surface area contributed by atoms with Crippen LogP contribution in [0.25, 0.3) is 0 Å². The molecule has 0 radical (unpaired) electrons. The molecule has 0 amide bonds. The molecule has 0 spiro atoms. The van der Waals surface area contributed by atoms with Crippen molar-refractivity contribution in [2.45, 2.75) is 12.5 Å². The second-order valence-corrected chi connectivity index (χ2v) is 3.04. The number of carbonyl (C=O) groups is 1. The number of hydrogen-bond acceptors (Lipinski definition) is 3. The van der Waals surface area contributed by atoms with Crippen LogP contribution in [0.15, 0.2) is 16.8 Å². The lowest BCUT2D eigenvalue weighted by Gasteiger charge is -2.04. The molecule has 1 rings (SSSR count). The third-order valence-corrected chi connectivity index (χ3v) is 2.07. The number of rotatable bonds is 3. The molecule has 1 heterocycles. The largest absolute Gasteiger partial charge is 0.481 e. The Kier molecular flexibility index (Phi) is 2.62. The number of nitrogens with two attached hydrogens (primary N) is 1. The van der Waals surface area contributed by atoms with Crippen LogP contribution in [0.4, 0.5) is 0 Å². The minimum absolute atomic E-state index is 0.00324. The molecule has 3 N–H and O–H groups in total. The van der Waals surface area contributed by atoms with E-state index in [9.17, 15) is 4.79 Å². The molecule has 1 atom stereocenters. The van der Waals surface area contributed by atoms with Crippen molar-refractivity contribution < 1.29 is 9.90 Å². The van der Waals surface area contributed by atoms with Crippen molar-refractivity contribution in [3.05, 3.63) is 22.4 Å². The molecule has 4 heteroatoms. The lowest BCUT2D eigenvalue weighted by molar-refractivity contribution is -0.137. The zero-order valence-corrected chi connectivity index (χ0v) is 6.67. The number of thiophene rings is 1. The summed E-state index contributed by atoms with van der Waals surface area (Å²) >= 11 is 1.52. The first-order chi connectivity index (χ1) is 5.20. The number of aliphatic carboxylic acids is 1. The average molecular weight is 171 g/mol. The molecule has 1 aromatic heterocycles. The molecule has 0 aliphatic rings. The topological polar surface area (TPSA) is 63.3 Å². The second-order valence-electron chi connectivity index (χ2n) is 2.26. The summed E-state index contributed by atoms with van der Waals surface area (Å²) in [5.74, 6) is -0.858. The molecule has 0 bridgehead atoms. The van der Waals surface area contributed by atoms with Crippen molar-refractivity contribution >= 4 is 17.3 Å². The fourth-order valence-corrected chi connectivity index (χ4v) is 1.52. The van der Waals surface area contributed by atoms with E-state index in [2.05, 4.69) is 0 Å². The standard InChI is InChI=1S/C7H9NO2S/c8-6(3-7(9)10)5-1-2-11-4-5/h1-2,4,6H,3,8H2,(H,9,10). The highest BCUT2D eigenvalue weighted by atomic mass is 32.1. The van der Waals surface area contributed by atoms with E-state index in [1.807, 2.05) is 16.8 Å². The van der Waals surface area contributed by atoms with Gasteiger partial charge in [0.2, 0.25) is 0 Å². The summed E-state index contributed by atoms with van der Waals surface area (Å²) in [5.41, 5.74) is 6.47. The summed E-state index contributed by atoms with van der Waals surface area (Å²) in [5, 5.41) is 12.2. The van der Waals surface area contributed by atoms with Crippen molar-refractivity contribution in [2.75, 3.05) is 0 Å². The minimum Gasteiger partial charge on any atom is -0.481 e. The Bertz CT molecular complexity index is 233. The van der Waals surface area contributed by atoms with Gasteiger partial charge in [-0.2, -0.15) is 11.3 Å². The van der Waals surface area contributed by atoms with E-state index < -0.39 is 5.97 Å². The Hall–Kier alpha value is -0.870. The molecule has 0 saturated carbocycles. The van der Waals surface area contributed by atoms with Gasteiger partial charge >= 0.3 is 5.97 Å². The molecule has 60 valence electrons. The SMILES string of the molecule is NC(CC(=O)O)c1ccsc1. The predicted octanol–water partition coefficient (Wildman–Crippen LogP) is 1.22.